The molecule has 2 aromatic rings. The maximum atomic E-state index is 12.9. The summed E-state index contributed by atoms with van der Waals surface area (Å²) in [5, 5.41) is 11.2. The molecule has 0 spiro atoms. The molecule has 0 unspecified atom stereocenters. The summed E-state index contributed by atoms with van der Waals surface area (Å²) in [4.78, 5) is 26.4. The summed E-state index contributed by atoms with van der Waals surface area (Å²) >= 11 is 0. The van der Waals surface area contributed by atoms with Gasteiger partial charge >= 0.3 is 0 Å². The number of carbonyl (C=O) groups is 2. The molecule has 1 aliphatic heterocycles. The van der Waals surface area contributed by atoms with E-state index in [9.17, 15) is 14.0 Å². The standard InChI is InChI=1S/C18H20FN5O2/c19-15-3-1-14(2-4-15)7-8-20-17-6-5-16(21-22-17)18(26)24-11-9-23(13-25)10-12-24/h1-6,13H,7-12H2,(H,20,22). The Morgan fingerprint density at radius 2 is 1.81 bits per heavy atom. The van der Waals surface area contributed by atoms with E-state index < -0.39 is 0 Å². The minimum Gasteiger partial charge on any atom is -0.368 e. The van der Waals surface area contributed by atoms with Gasteiger partial charge in [-0.05, 0) is 36.2 Å². The van der Waals surface area contributed by atoms with E-state index in [2.05, 4.69) is 15.5 Å². The molecule has 0 atom stereocenters. The fraction of sp³-hybridized carbons (Fsp3) is 0.333. The van der Waals surface area contributed by atoms with Gasteiger partial charge in [-0.15, -0.1) is 10.2 Å². The zero-order chi connectivity index (χ0) is 18.4. The summed E-state index contributed by atoms with van der Waals surface area (Å²) in [7, 11) is 0. The van der Waals surface area contributed by atoms with E-state index in [1.807, 2.05) is 0 Å². The Kier molecular flexibility index (Phi) is 5.73. The fourth-order valence-electron chi connectivity index (χ4n) is 2.72. The number of aromatic nitrogens is 2. The quantitative estimate of drug-likeness (QED) is 0.786. The summed E-state index contributed by atoms with van der Waals surface area (Å²) in [6, 6.07) is 9.72. The van der Waals surface area contributed by atoms with E-state index in [4.69, 9.17) is 0 Å². The molecule has 7 nitrogen and oxygen atoms in total. The lowest BCUT2D eigenvalue weighted by atomic mass is 10.1. The van der Waals surface area contributed by atoms with Crippen molar-refractivity contribution in [3.63, 3.8) is 0 Å². The van der Waals surface area contributed by atoms with E-state index in [1.54, 1.807) is 34.1 Å². The number of hydrogen-bond acceptors (Lipinski definition) is 5. The van der Waals surface area contributed by atoms with Crippen LogP contribution >= 0.6 is 0 Å². The molecule has 3 rings (SSSR count). The molecule has 8 heteroatoms. The molecular formula is C18H20FN5O2. The topological polar surface area (TPSA) is 78.4 Å². The van der Waals surface area contributed by atoms with Crippen LogP contribution in [0.4, 0.5) is 10.2 Å². The van der Waals surface area contributed by atoms with Crippen LogP contribution in [0.15, 0.2) is 36.4 Å². The van der Waals surface area contributed by atoms with Gasteiger partial charge in [0.15, 0.2) is 5.69 Å². The third-order valence-electron chi connectivity index (χ3n) is 4.27. The molecule has 1 aromatic heterocycles. The average molecular weight is 357 g/mol. The first-order valence-corrected chi connectivity index (χ1v) is 8.46. The molecule has 136 valence electrons. The van der Waals surface area contributed by atoms with Crippen molar-refractivity contribution in [2.45, 2.75) is 6.42 Å². The molecule has 0 aliphatic carbocycles. The minimum atomic E-state index is -0.250. The van der Waals surface area contributed by atoms with Gasteiger partial charge in [0.25, 0.3) is 5.91 Å². The van der Waals surface area contributed by atoms with Crippen LogP contribution < -0.4 is 5.32 Å². The molecule has 0 saturated carbocycles. The first-order valence-electron chi connectivity index (χ1n) is 8.46. The third-order valence-corrected chi connectivity index (χ3v) is 4.27. The van der Waals surface area contributed by atoms with Crippen LogP contribution in [-0.2, 0) is 11.2 Å². The highest BCUT2D eigenvalue weighted by Gasteiger charge is 2.22. The number of amides is 2. The van der Waals surface area contributed by atoms with Crippen LogP contribution in [-0.4, -0.2) is 65.0 Å². The van der Waals surface area contributed by atoms with Crippen LogP contribution in [0.1, 0.15) is 16.1 Å². The lowest BCUT2D eigenvalue weighted by Crippen LogP contribution is -2.48. The van der Waals surface area contributed by atoms with Gasteiger partial charge in [0.1, 0.15) is 11.6 Å². The van der Waals surface area contributed by atoms with E-state index >= 15 is 0 Å². The molecule has 1 N–H and O–H groups in total. The maximum Gasteiger partial charge on any atom is 0.274 e. The number of benzene rings is 1. The molecular weight excluding hydrogens is 337 g/mol. The number of halogens is 1. The van der Waals surface area contributed by atoms with Crippen LogP contribution in [0.25, 0.3) is 0 Å². The zero-order valence-electron chi connectivity index (χ0n) is 14.3. The van der Waals surface area contributed by atoms with Gasteiger partial charge in [-0.3, -0.25) is 9.59 Å². The van der Waals surface area contributed by atoms with Gasteiger partial charge in [0.2, 0.25) is 6.41 Å². The number of carbonyl (C=O) groups excluding carboxylic acids is 2. The van der Waals surface area contributed by atoms with Gasteiger partial charge in [-0.25, -0.2) is 4.39 Å². The van der Waals surface area contributed by atoms with Gasteiger partial charge in [-0.2, -0.15) is 0 Å². The summed E-state index contributed by atoms with van der Waals surface area (Å²) in [5.74, 6) is 0.149. The van der Waals surface area contributed by atoms with Crippen molar-refractivity contribution in [1.82, 2.24) is 20.0 Å². The second-order valence-corrected chi connectivity index (χ2v) is 6.04. The molecule has 26 heavy (non-hydrogen) atoms. The highest BCUT2D eigenvalue weighted by molar-refractivity contribution is 5.92. The molecule has 1 aliphatic rings. The smallest absolute Gasteiger partial charge is 0.274 e. The van der Waals surface area contributed by atoms with E-state index in [-0.39, 0.29) is 17.4 Å². The molecule has 1 saturated heterocycles. The van der Waals surface area contributed by atoms with E-state index in [1.165, 1.54) is 12.1 Å². The Bertz CT molecular complexity index is 743. The fourth-order valence-corrected chi connectivity index (χ4v) is 2.72. The highest BCUT2D eigenvalue weighted by atomic mass is 19.1. The number of anilines is 1. The lowest BCUT2D eigenvalue weighted by Gasteiger charge is -2.32. The Labute approximate surface area is 150 Å². The van der Waals surface area contributed by atoms with Gasteiger partial charge < -0.3 is 15.1 Å². The number of hydrogen-bond donors (Lipinski definition) is 1. The van der Waals surface area contributed by atoms with Crippen LogP contribution in [0.5, 0.6) is 0 Å². The van der Waals surface area contributed by atoms with E-state index in [0.717, 1.165) is 18.4 Å². The van der Waals surface area contributed by atoms with Crippen LogP contribution in [0.2, 0.25) is 0 Å². The van der Waals surface area contributed by atoms with Gasteiger partial charge in [0, 0.05) is 32.7 Å². The Balaban J connectivity index is 1.49. The largest absolute Gasteiger partial charge is 0.368 e. The molecule has 1 aromatic carbocycles. The van der Waals surface area contributed by atoms with Crippen molar-refractivity contribution >= 4 is 18.1 Å². The number of piperazine rings is 1. The Morgan fingerprint density at radius 1 is 1.08 bits per heavy atom. The normalized spacial score (nSPS) is 14.2. The average Bonchev–Trinajstić information content (AvgIpc) is 2.69. The van der Waals surface area contributed by atoms with Crippen LogP contribution in [0.3, 0.4) is 0 Å². The zero-order valence-corrected chi connectivity index (χ0v) is 14.3. The second kappa shape index (κ2) is 8.37. The molecule has 2 heterocycles. The minimum absolute atomic E-state index is 0.180. The number of nitrogens with one attached hydrogen (secondary N) is 1. The van der Waals surface area contributed by atoms with Crippen molar-refractivity contribution < 1.29 is 14.0 Å². The summed E-state index contributed by atoms with van der Waals surface area (Å²) in [5.41, 5.74) is 1.31. The maximum absolute atomic E-state index is 12.9. The van der Waals surface area contributed by atoms with Crippen molar-refractivity contribution in [3.05, 3.63) is 53.5 Å². The van der Waals surface area contributed by atoms with Crippen molar-refractivity contribution in [2.24, 2.45) is 0 Å². The van der Waals surface area contributed by atoms with Gasteiger partial charge in [-0.1, -0.05) is 12.1 Å². The molecule has 1 fully saturated rings. The van der Waals surface area contributed by atoms with Crippen molar-refractivity contribution in [2.75, 3.05) is 38.0 Å². The third kappa shape index (κ3) is 4.53. The predicted octanol–water partition coefficient (Wildman–Crippen LogP) is 1.18. The summed E-state index contributed by atoms with van der Waals surface area (Å²) < 4.78 is 12.9. The number of rotatable bonds is 6. The Hall–Kier alpha value is -3.03. The van der Waals surface area contributed by atoms with E-state index in [0.29, 0.717) is 38.5 Å². The summed E-state index contributed by atoms with van der Waals surface area (Å²) in [6.07, 6.45) is 1.53. The second-order valence-electron chi connectivity index (χ2n) is 6.04. The first kappa shape index (κ1) is 17.8. The summed E-state index contributed by atoms with van der Waals surface area (Å²) in [6.45, 7) is 2.69. The molecule has 0 bridgehead atoms. The predicted molar refractivity (Wildman–Crippen MR) is 94.2 cm³/mol. The van der Waals surface area contributed by atoms with Crippen molar-refractivity contribution in [1.29, 1.82) is 0 Å². The first-order chi connectivity index (χ1) is 12.7. The van der Waals surface area contributed by atoms with Crippen LogP contribution in [0, 0.1) is 5.82 Å². The monoisotopic (exact) mass is 357 g/mol. The SMILES string of the molecule is O=CN1CCN(C(=O)c2ccc(NCCc3ccc(F)cc3)nn2)CC1. The number of nitrogens with zero attached hydrogens (tertiary/aromatic N) is 4. The van der Waals surface area contributed by atoms with Crippen molar-refractivity contribution in [3.8, 4) is 0 Å². The Morgan fingerprint density at radius 3 is 2.42 bits per heavy atom. The van der Waals surface area contributed by atoms with Gasteiger partial charge in [0.05, 0.1) is 0 Å². The molecule has 2 amide bonds. The lowest BCUT2D eigenvalue weighted by molar-refractivity contribution is -0.119. The molecule has 0 radical (unpaired) electrons. The highest BCUT2D eigenvalue weighted by Crippen LogP contribution is 2.09.